The molecule has 0 N–H and O–H groups in total. The normalized spacial score (nSPS) is 18.4. The Morgan fingerprint density at radius 1 is 1.11 bits per heavy atom. The second-order valence-corrected chi connectivity index (χ2v) is 6.78. The second-order valence-electron chi connectivity index (χ2n) is 6.78. The highest BCUT2D eigenvalue weighted by atomic mass is 16.5. The first-order valence-corrected chi connectivity index (χ1v) is 9.59. The van der Waals surface area contributed by atoms with Crippen LogP contribution in [0.4, 0.5) is 0 Å². The number of cyclic esters (lactones) is 1. The van der Waals surface area contributed by atoms with Crippen LogP contribution in [0.3, 0.4) is 0 Å². The van der Waals surface area contributed by atoms with Crippen LogP contribution < -0.4 is 4.74 Å². The van der Waals surface area contributed by atoms with Crippen LogP contribution in [0.5, 0.6) is 5.75 Å². The summed E-state index contributed by atoms with van der Waals surface area (Å²) >= 11 is 0. The van der Waals surface area contributed by atoms with E-state index in [9.17, 15) is 4.79 Å². The van der Waals surface area contributed by atoms with Gasteiger partial charge in [0.2, 0.25) is 0 Å². The fraction of sp³-hybridized carbons (Fsp3) is 0.333. The van der Waals surface area contributed by atoms with Crippen LogP contribution in [0.2, 0.25) is 0 Å². The highest BCUT2D eigenvalue weighted by Crippen LogP contribution is 2.33. The maximum Gasteiger partial charge on any atom is 0.306 e. The van der Waals surface area contributed by atoms with Gasteiger partial charge in [0.05, 0.1) is 24.7 Å². The third kappa shape index (κ3) is 5.38. The van der Waals surface area contributed by atoms with Crippen LogP contribution in [0.25, 0.3) is 0 Å². The van der Waals surface area contributed by atoms with Gasteiger partial charge in [0, 0.05) is 12.0 Å². The first kappa shape index (κ1) is 19.5. The Balaban J connectivity index is 1.55. The monoisotopic (exact) mass is 373 g/mol. The Kier molecular flexibility index (Phi) is 6.71. The van der Waals surface area contributed by atoms with E-state index < -0.39 is 0 Å². The van der Waals surface area contributed by atoms with Gasteiger partial charge in [-0.05, 0) is 67.6 Å². The number of hydrogen-bond acceptors (Lipinski definition) is 4. The first-order chi connectivity index (χ1) is 13.7. The van der Waals surface area contributed by atoms with E-state index in [1.165, 1.54) is 0 Å². The fourth-order valence-electron chi connectivity index (χ4n) is 3.34. The van der Waals surface area contributed by atoms with E-state index in [-0.39, 0.29) is 18.0 Å². The predicted molar refractivity (Wildman–Crippen MR) is 107 cm³/mol. The van der Waals surface area contributed by atoms with E-state index in [4.69, 9.17) is 14.7 Å². The number of esters is 1. The summed E-state index contributed by atoms with van der Waals surface area (Å²) in [4.78, 5) is 12.0. The molecule has 3 rings (SSSR count). The van der Waals surface area contributed by atoms with Crippen molar-refractivity contribution in [3.8, 4) is 23.7 Å². The third-order valence-electron chi connectivity index (χ3n) is 4.76. The number of hydrogen-bond donors (Lipinski definition) is 0. The highest BCUT2D eigenvalue weighted by molar-refractivity contribution is 5.71. The molecule has 1 fully saturated rings. The minimum Gasteiger partial charge on any atom is -0.494 e. The highest BCUT2D eigenvalue weighted by Gasteiger charge is 2.29. The molecule has 0 aliphatic carbocycles. The maximum atomic E-state index is 12.0. The molecule has 0 amide bonds. The molecular formula is C24H23NO3. The Morgan fingerprint density at radius 3 is 2.50 bits per heavy atom. The lowest BCUT2D eigenvalue weighted by molar-refractivity contribution is -0.155. The lowest BCUT2D eigenvalue weighted by atomic mass is 9.87. The van der Waals surface area contributed by atoms with Gasteiger partial charge in [0.15, 0.2) is 0 Å². The molecule has 0 unspecified atom stereocenters. The van der Waals surface area contributed by atoms with Gasteiger partial charge in [0.1, 0.15) is 11.9 Å². The molecule has 28 heavy (non-hydrogen) atoms. The summed E-state index contributed by atoms with van der Waals surface area (Å²) in [5.41, 5.74) is 2.65. The Morgan fingerprint density at radius 2 is 1.82 bits per heavy atom. The number of benzene rings is 2. The topological polar surface area (TPSA) is 59.3 Å². The summed E-state index contributed by atoms with van der Waals surface area (Å²) in [5.74, 6) is 7.11. The summed E-state index contributed by atoms with van der Waals surface area (Å²) in [6, 6.07) is 17.3. The van der Waals surface area contributed by atoms with Crippen LogP contribution in [0.1, 0.15) is 55.2 Å². The van der Waals surface area contributed by atoms with E-state index in [0.29, 0.717) is 25.0 Å². The number of rotatable bonds is 5. The molecule has 1 heterocycles. The van der Waals surface area contributed by atoms with Crippen LogP contribution in [-0.4, -0.2) is 18.7 Å². The zero-order valence-electron chi connectivity index (χ0n) is 16.0. The lowest BCUT2D eigenvalue weighted by Gasteiger charge is -2.29. The predicted octanol–water partition coefficient (Wildman–Crippen LogP) is 4.58. The van der Waals surface area contributed by atoms with Gasteiger partial charge in [-0.2, -0.15) is 5.26 Å². The molecule has 1 aliphatic heterocycles. The molecule has 0 spiro atoms. The van der Waals surface area contributed by atoms with Crippen molar-refractivity contribution in [1.29, 1.82) is 5.26 Å². The minimum atomic E-state index is -0.143. The molecule has 0 radical (unpaired) electrons. The molecule has 2 aromatic carbocycles. The summed E-state index contributed by atoms with van der Waals surface area (Å²) in [5, 5.41) is 8.82. The van der Waals surface area contributed by atoms with Gasteiger partial charge in [-0.1, -0.05) is 24.0 Å². The minimum absolute atomic E-state index is 0.104. The summed E-state index contributed by atoms with van der Waals surface area (Å²) < 4.78 is 11.0. The molecule has 142 valence electrons. The zero-order valence-corrected chi connectivity index (χ0v) is 16.0. The first-order valence-electron chi connectivity index (χ1n) is 9.59. The largest absolute Gasteiger partial charge is 0.494 e. The molecule has 0 saturated carbocycles. The number of nitrogens with zero attached hydrogens (tertiary/aromatic N) is 1. The van der Waals surface area contributed by atoms with Crippen molar-refractivity contribution >= 4 is 5.97 Å². The van der Waals surface area contributed by atoms with Crippen molar-refractivity contribution < 1.29 is 14.3 Å². The summed E-state index contributed by atoms with van der Waals surface area (Å²) in [6.07, 6.45) is 2.52. The molecule has 2 aromatic rings. The quantitative estimate of drug-likeness (QED) is 0.569. The average Bonchev–Trinajstić information content (AvgIpc) is 2.72. The molecule has 0 bridgehead atoms. The van der Waals surface area contributed by atoms with Crippen LogP contribution >= 0.6 is 0 Å². The average molecular weight is 373 g/mol. The lowest BCUT2D eigenvalue weighted by Crippen LogP contribution is -2.28. The van der Waals surface area contributed by atoms with Crippen molar-refractivity contribution in [3.63, 3.8) is 0 Å². The molecule has 1 saturated heterocycles. The number of ether oxygens (including phenoxy) is 2. The summed E-state index contributed by atoms with van der Waals surface area (Å²) in [7, 11) is 0. The van der Waals surface area contributed by atoms with E-state index >= 15 is 0 Å². The van der Waals surface area contributed by atoms with E-state index in [0.717, 1.165) is 29.7 Å². The molecule has 4 nitrogen and oxygen atoms in total. The Bertz CT molecular complexity index is 898. The molecule has 2 atom stereocenters. The molecule has 4 heteroatoms. The maximum absolute atomic E-state index is 12.0. The van der Waals surface area contributed by atoms with Crippen molar-refractivity contribution in [1.82, 2.24) is 0 Å². The number of carbonyl (C=O) groups is 1. The van der Waals surface area contributed by atoms with Gasteiger partial charge < -0.3 is 9.47 Å². The van der Waals surface area contributed by atoms with Gasteiger partial charge >= 0.3 is 5.97 Å². The van der Waals surface area contributed by atoms with Crippen LogP contribution in [0.15, 0.2) is 48.5 Å². The number of nitriles is 1. The van der Waals surface area contributed by atoms with Crippen molar-refractivity contribution in [3.05, 3.63) is 65.2 Å². The van der Waals surface area contributed by atoms with Crippen molar-refractivity contribution in [2.45, 2.75) is 44.6 Å². The fourth-order valence-corrected chi connectivity index (χ4v) is 3.34. The smallest absolute Gasteiger partial charge is 0.306 e. The van der Waals surface area contributed by atoms with Gasteiger partial charge in [-0.3, -0.25) is 4.79 Å². The zero-order chi connectivity index (χ0) is 19.8. The number of carbonyl (C=O) groups excluding carboxylic acids is 1. The molecule has 0 aromatic heterocycles. The van der Waals surface area contributed by atoms with Gasteiger partial charge in [0.25, 0.3) is 0 Å². The van der Waals surface area contributed by atoms with Crippen molar-refractivity contribution in [2.24, 2.45) is 0 Å². The van der Waals surface area contributed by atoms with Crippen LogP contribution in [0, 0.1) is 23.2 Å². The molecule has 1 aliphatic rings. The standard InChI is InChI=1S/C24H23NO3/c1-2-27-22-13-11-20(12-14-22)21-15-23(28-24(26)16-21)6-4-3-5-18-7-9-19(17-25)10-8-18/h7-14,21,23H,2,4,6,15-16H2,1H3/t21-,23-/m1/s1. The van der Waals surface area contributed by atoms with E-state index in [1.807, 2.05) is 43.3 Å². The second kappa shape index (κ2) is 9.62. The van der Waals surface area contributed by atoms with E-state index in [2.05, 4.69) is 17.9 Å². The van der Waals surface area contributed by atoms with Gasteiger partial charge in [-0.25, -0.2) is 0 Å². The summed E-state index contributed by atoms with van der Waals surface area (Å²) in [6.45, 7) is 2.60. The third-order valence-corrected chi connectivity index (χ3v) is 4.76. The Labute approximate surface area is 166 Å². The molecular weight excluding hydrogens is 350 g/mol. The van der Waals surface area contributed by atoms with E-state index in [1.54, 1.807) is 12.1 Å². The van der Waals surface area contributed by atoms with Gasteiger partial charge in [-0.15, -0.1) is 0 Å². The van der Waals surface area contributed by atoms with Crippen molar-refractivity contribution in [2.75, 3.05) is 6.61 Å². The van der Waals surface area contributed by atoms with Crippen LogP contribution in [-0.2, 0) is 9.53 Å². The Hall–Kier alpha value is -3.24. The SMILES string of the molecule is CCOc1ccc([C@H]2CC(=O)O[C@H](CCC#Cc3ccc(C#N)cc3)C2)cc1.